The molecule has 3 aromatic heterocycles. The van der Waals surface area contributed by atoms with Gasteiger partial charge < -0.3 is 8.98 Å². The van der Waals surface area contributed by atoms with Crippen LogP contribution in [0.15, 0.2) is 77.5 Å². The maximum absolute atomic E-state index is 13.3. The second-order valence-corrected chi connectivity index (χ2v) is 7.67. The largest absolute Gasteiger partial charge is 0.413 e. The van der Waals surface area contributed by atoms with Crippen molar-refractivity contribution in [1.29, 1.82) is 0 Å². The molecule has 6 nitrogen and oxygen atoms in total. The van der Waals surface area contributed by atoms with Gasteiger partial charge in [-0.3, -0.25) is 9.78 Å². The lowest BCUT2D eigenvalue weighted by atomic mass is 10.1. The first kappa shape index (κ1) is 19.5. The number of hydrogen-bond donors (Lipinski definition) is 0. The van der Waals surface area contributed by atoms with Crippen LogP contribution in [0, 0.1) is 0 Å². The summed E-state index contributed by atoms with van der Waals surface area (Å²) in [5, 5.41) is 9.61. The Hall–Kier alpha value is -3.48. The zero-order valence-electron chi connectivity index (χ0n) is 16.0. The zero-order valence-corrected chi connectivity index (χ0v) is 17.5. The molecule has 0 aliphatic carbocycles. The molecule has 5 aromatic rings. The summed E-state index contributed by atoms with van der Waals surface area (Å²) in [7, 11) is 0. The Morgan fingerprint density at radius 3 is 2.55 bits per heavy atom. The van der Waals surface area contributed by atoms with Gasteiger partial charge in [-0.15, -0.1) is 10.2 Å². The van der Waals surface area contributed by atoms with Crippen molar-refractivity contribution in [3.63, 3.8) is 0 Å². The van der Waals surface area contributed by atoms with Crippen LogP contribution in [0.2, 0.25) is 10.2 Å². The van der Waals surface area contributed by atoms with E-state index in [0.717, 1.165) is 11.1 Å². The molecule has 0 saturated heterocycles. The highest BCUT2D eigenvalue weighted by Crippen LogP contribution is 2.33. The first-order chi connectivity index (χ1) is 15.1. The van der Waals surface area contributed by atoms with E-state index in [9.17, 15) is 4.79 Å². The van der Waals surface area contributed by atoms with Crippen LogP contribution >= 0.6 is 23.2 Å². The third-order valence-electron chi connectivity index (χ3n) is 4.92. The maximum Gasteiger partial charge on any atom is 0.289 e. The van der Waals surface area contributed by atoms with Gasteiger partial charge in [0.1, 0.15) is 5.15 Å². The molecule has 152 valence electrons. The smallest absolute Gasteiger partial charge is 0.289 e. The summed E-state index contributed by atoms with van der Waals surface area (Å²) in [5.74, 6) is -0.341. The van der Waals surface area contributed by atoms with Gasteiger partial charge in [0, 0.05) is 29.3 Å². The molecule has 0 aliphatic rings. The van der Waals surface area contributed by atoms with Crippen molar-refractivity contribution < 1.29 is 9.21 Å². The maximum atomic E-state index is 13.3. The molecule has 5 rings (SSSR count). The SMILES string of the molecule is O=C(c1nnc(-c2cccnc2)o1)c1c(Cl)n(Cc2ccc(Cl)cc2)c2ccccc12. The van der Waals surface area contributed by atoms with Crippen LogP contribution in [-0.2, 0) is 6.54 Å². The Morgan fingerprint density at radius 2 is 1.77 bits per heavy atom. The van der Waals surface area contributed by atoms with Crippen molar-refractivity contribution in [3.05, 3.63) is 100 Å². The van der Waals surface area contributed by atoms with Crippen LogP contribution in [0.3, 0.4) is 0 Å². The first-order valence-electron chi connectivity index (χ1n) is 9.41. The van der Waals surface area contributed by atoms with Crippen molar-refractivity contribution >= 4 is 39.9 Å². The minimum absolute atomic E-state index is 0.129. The molecule has 2 aromatic carbocycles. The van der Waals surface area contributed by atoms with E-state index in [1.54, 1.807) is 24.5 Å². The predicted molar refractivity (Wildman–Crippen MR) is 118 cm³/mol. The van der Waals surface area contributed by atoms with Crippen molar-refractivity contribution in [3.8, 4) is 11.5 Å². The third kappa shape index (κ3) is 3.60. The normalized spacial score (nSPS) is 11.2. The number of fused-ring (bicyclic) bond motifs is 1. The van der Waals surface area contributed by atoms with Crippen LogP contribution in [0.25, 0.3) is 22.4 Å². The molecule has 0 saturated carbocycles. The number of aromatic nitrogens is 4. The number of para-hydroxylation sites is 1. The first-order valence-corrected chi connectivity index (χ1v) is 10.2. The summed E-state index contributed by atoms with van der Waals surface area (Å²) in [6.45, 7) is 0.481. The van der Waals surface area contributed by atoms with Crippen LogP contribution in [0.1, 0.15) is 21.8 Å². The fourth-order valence-electron chi connectivity index (χ4n) is 3.44. The average Bonchev–Trinajstić information content (AvgIpc) is 3.40. The molecule has 0 spiro atoms. The van der Waals surface area contributed by atoms with Crippen molar-refractivity contribution in [2.24, 2.45) is 0 Å². The Labute approximate surface area is 187 Å². The summed E-state index contributed by atoms with van der Waals surface area (Å²) < 4.78 is 7.52. The van der Waals surface area contributed by atoms with E-state index in [1.165, 1.54) is 0 Å². The van der Waals surface area contributed by atoms with E-state index >= 15 is 0 Å². The van der Waals surface area contributed by atoms with E-state index in [0.29, 0.717) is 33.2 Å². The summed E-state index contributed by atoms with van der Waals surface area (Å²) in [6, 6.07) is 18.5. The number of carbonyl (C=O) groups is 1. The molecule has 3 heterocycles. The number of ketones is 1. The number of pyridine rings is 1. The number of nitrogens with zero attached hydrogens (tertiary/aromatic N) is 4. The molecule has 0 N–H and O–H groups in total. The third-order valence-corrected chi connectivity index (χ3v) is 5.56. The van der Waals surface area contributed by atoms with Crippen LogP contribution in [0.5, 0.6) is 0 Å². The van der Waals surface area contributed by atoms with Gasteiger partial charge >= 0.3 is 0 Å². The van der Waals surface area contributed by atoms with Gasteiger partial charge in [-0.2, -0.15) is 0 Å². The second kappa shape index (κ2) is 7.98. The standard InChI is InChI=1S/C23H14Cl2N4O2/c24-16-9-7-14(8-10-16)13-29-18-6-2-1-5-17(18)19(21(29)25)20(30)23-28-27-22(31-23)15-4-3-11-26-12-15/h1-12H,13H2. The van der Waals surface area contributed by atoms with Gasteiger partial charge in [0.15, 0.2) is 0 Å². The number of hydrogen-bond acceptors (Lipinski definition) is 5. The highest BCUT2D eigenvalue weighted by Gasteiger charge is 2.26. The summed E-state index contributed by atoms with van der Waals surface area (Å²) in [5.41, 5.74) is 2.79. The Kier molecular flexibility index (Phi) is 5.02. The summed E-state index contributed by atoms with van der Waals surface area (Å²) in [4.78, 5) is 17.3. The van der Waals surface area contributed by atoms with Crippen LogP contribution < -0.4 is 0 Å². The number of halogens is 2. The minimum atomic E-state index is -0.432. The van der Waals surface area contributed by atoms with Crippen molar-refractivity contribution in [2.75, 3.05) is 0 Å². The lowest BCUT2D eigenvalue weighted by Gasteiger charge is -2.07. The molecular formula is C23H14Cl2N4O2. The zero-order chi connectivity index (χ0) is 21.4. The second-order valence-electron chi connectivity index (χ2n) is 6.88. The van der Waals surface area contributed by atoms with Gasteiger partial charge in [-0.05, 0) is 35.9 Å². The van der Waals surface area contributed by atoms with Gasteiger partial charge in [-0.25, -0.2) is 0 Å². The van der Waals surface area contributed by atoms with E-state index in [2.05, 4.69) is 15.2 Å². The number of benzene rings is 2. The van der Waals surface area contributed by atoms with E-state index in [-0.39, 0.29) is 11.8 Å². The van der Waals surface area contributed by atoms with Crippen LogP contribution in [-0.4, -0.2) is 25.5 Å². The van der Waals surface area contributed by atoms with Crippen molar-refractivity contribution in [2.45, 2.75) is 6.54 Å². The molecule has 31 heavy (non-hydrogen) atoms. The van der Waals surface area contributed by atoms with E-state index in [1.807, 2.05) is 53.1 Å². The summed E-state index contributed by atoms with van der Waals surface area (Å²) >= 11 is 12.7. The van der Waals surface area contributed by atoms with E-state index in [4.69, 9.17) is 27.6 Å². The van der Waals surface area contributed by atoms with Gasteiger partial charge in [0.2, 0.25) is 5.89 Å². The Morgan fingerprint density at radius 1 is 0.968 bits per heavy atom. The van der Waals surface area contributed by atoms with Gasteiger partial charge in [-0.1, -0.05) is 53.5 Å². The number of carbonyl (C=O) groups excluding carboxylic acids is 1. The van der Waals surface area contributed by atoms with Crippen molar-refractivity contribution in [1.82, 2.24) is 19.7 Å². The van der Waals surface area contributed by atoms with Gasteiger partial charge in [0.05, 0.1) is 16.6 Å². The van der Waals surface area contributed by atoms with Crippen LogP contribution in [0.4, 0.5) is 0 Å². The number of rotatable bonds is 5. The highest BCUT2D eigenvalue weighted by molar-refractivity contribution is 6.36. The molecule has 0 bridgehead atoms. The quantitative estimate of drug-likeness (QED) is 0.323. The highest BCUT2D eigenvalue weighted by atomic mass is 35.5. The monoisotopic (exact) mass is 448 g/mol. The minimum Gasteiger partial charge on any atom is -0.413 e. The molecule has 0 atom stereocenters. The van der Waals surface area contributed by atoms with E-state index < -0.39 is 5.78 Å². The molecule has 8 heteroatoms. The molecule has 0 aliphatic heterocycles. The predicted octanol–water partition coefficient (Wildman–Crippen LogP) is 5.67. The lowest BCUT2D eigenvalue weighted by molar-refractivity contribution is 0.100. The summed E-state index contributed by atoms with van der Waals surface area (Å²) in [6.07, 6.45) is 3.23. The fourth-order valence-corrected chi connectivity index (χ4v) is 3.91. The molecular weight excluding hydrogens is 435 g/mol. The fraction of sp³-hybridized carbons (Fsp3) is 0.0435. The molecule has 0 unspecified atom stereocenters. The van der Waals surface area contributed by atoms with Gasteiger partial charge in [0.25, 0.3) is 11.7 Å². The Balaban J connectivity index is 1.57. The lowest BCUT2D eigenvalue weighted by Crippen LogP contribution is -2.04. The topological polar surface area (TPSA) is 73.8 Å². The Bertz CT molecular complexity index is 1390. The molecule has 0 radical (unpaired) electrons. The molecule has 0 fully saturated rings. The molecule has 0 amide bonds. The average molecular weight is 449 g/mol.